The molecule has 5 nitrogen and oxygen atoms in total. The zero-order valence-electron chi connectivity index (χ0n) is 16.3. The van der Waals surface area contributed by atoms with Gasteiger partial charge in [0.25, 0.3) is 0 Å². The molecule has 0 spiro atoms. The quantitative estimate of drug-likeness (QED) is 0.718. The normalized spacial score (nSPS) is 17.2. The minimum absolute atomic E-state index is 0. The predicted molar refractivity (Wildman–Crippen MR) is 120 cm³/mol. The first kappa shape index (κ1) is 24.7. The van der Waals surface area contributed by atoms with Gasteiger partial charge >= 0.3 is 0 Å². The molecule has 1 saturated heterocycles. The number of thiazole rings is 1. The van der Waals surface area contributed by atoms with E-state index in [2.05, 4.69) is 4.98 Å². The van der Waals surface area contributed by atoms with E-state index in [0.29, 0.717) is 13.0 Å². The minimum atomic E-state index is 0. The van der Waals surface area contributed by atoms with Crippen LogP contribution in [0.25, 0.3) is 10.6 Å². The lowest BCUT2D eigenvalue weighted by atomic mass is 9.96. The van der Waals surface area contributed by atoms with Crippen molar-refractivity contribution in [1.82, 2.24) is 9.88 Å². The molecular weight excluding hydrogens is 417 g/mol. The Balaban J connectivity index is 0.00000196. The van der Waals surface area contributed by atoms with Crippen LogP contribution >= 0.6 is 36.2 Å². The summed E-state index contributed by atoms with van der Waals surface area (Å²) in [5, 5.41) is 2.91. The second-order valence-electron chi connectivity index (χ2n) is 6.79. The molecule has 0 bridgehead atoms. The molecule has 1 aliphatic rings. The third-order valence-corrected chi connectivity index (χ3v) is 5.71. The molecule has 1 aromatic carbocycles. The zero-order chi connectivity index (χ0) is 18.5. The van der Waals surface area contributed by atoms with Crippen molar-refractivity contribution in [3.05, 3.63) is 35.3 Å². The summed E-state index contributed by atoms with van der Waals surface area (Å²) in [5.41, 5.74) is 7.96. The first-order chi connectivity index (χ1) is 12.6. The van der Waals surface area contributed by atoms with E-state index in [1.54, 1.807) is 11.3 Å². The Morgan fingerprint density at radius 3 is 2.68 bits per heavy atom. The van der Waals surface area contributed by atoms with Gasteiger partial charge in [-0.25, -0.2) is 4.98 Å². The number of hydrogen-bond acceptors (Lipinski definition) is 5. The monoisotopic (exact) mass is 445 g/mol. The molecule has 1 aliphatic heterocycles. The number of nitrogens with two attached hydrogens (primary N) is 1. The Morgan fingerprint density at radius 2 is 2.04 bits per heavy atom. The van der Waals surface area contributed by atoms with Gasteiger partial charge in [-0.15, -0.1) is 36.2 Å². The van der Waals surface area contributed by atoms with Crippen LogP contribution in [0.1, 0.15) is 38.8 Å². The molecule has 156 valence electrons. The molecule has 2 N–H and O–H groups in total. The molecule has 8 heteroatoms. The number of carbonyl (C=O) groups excluding carboxylic acids is 1. The number of carbonyl (C=O) groups is 1. The van der Waals surface area contributed by atoms with Gasteiger partial charge in [0, 0.05) is 29.6 Å². The third-order valence-electron chi connectivity index (χ3n) is 4.77. The van der Waals surface area contributed by atoms with Gasteiger partial charge in [0.15, 0.2) is 0 Å². The highest BCUT2D eigenvalue weighted by molar-refractivity contribution is 7.13. The van der Waals surface area contributed by atoms with Crippen molar-refractivity contribution in [2.75, 3.05) is 13.2 Å². The van der Waals surface area contributed by atoms with Crippen LogP contribution in [0.2, 0.25) is 0 Å². The lowest BCUT2D eigenvalue weighted by Gasteiger charge is -2.38. The summed E-state index contributed by atoms with van der Waals surface area (Å²) in [4.78, 5) is 19.4. The first-order valence-electron chi connectivity index (χ1n) is 9.31. The largest absolute Gasteiger partial charge is 0.494 e. The molecule has 0 radical (unpaired) electrons. The van der Waals surface area contributed by atoms with Crippen LogP contribution in [0.15, 0.2) is 29.6 Å². The fourth-order valence-corrected chi connectivity index (χ4v) is 4.28. The van der Waals surface area contributed by atoms with Crippen molar-refractivity contribution in [2.24, 2.45) is 5.73 Å². The second-order valence-corrected chi connectivity index (χ2v) is 7.65. The summed E-state index contributed by atoms with van der Waals surface area (Å²) in [6, 6.07) is 8.07. The zero-order valence-corrected chi connectivity index (χ0v) is 18.7. The molecule has 2 heterocycles. The third kappa shape index (κ3) is 6.08. The van der Waals surface area contributed by atoms with Crippen LogP contribution in [0.4, 0.5) is 0 Å². The molecule has 1 amide bonds. The molecule has 2 unspecified atom stereocenters. The summed E-state index contributed by atoms with van der Waals surface area (Å²) >= 11 is 1.57. The van der Waals surface area contributed by atoms with Gasteiger partial charge in [0.1, 0.15) is 10.8 Å². The maximum absolute atomic E-state index is 12.8. The molecule has 2 aromatic rings. The molecule has 1 aromatic heterocycles. The fourth-order valence-electron chi connectivity index (χ4n) is 3.45. The van der Waals surface area contributed by atoms with Gasteiger partial charge in [-0.2, -0.15) is 0 Å². The van der Waals surface area contributed by atoms with Crippen molar-refractivity contribution in [1.29, 1.82) is 0 Å². The number of nitrogens with zero attached hydrogens (tertiary/aromatic N) is 2. The van der Waals surface area contributed by atoms with Crippen molar-refractivity contribution >= 4 is 42.1 Å². The highest BCUT2D eigenvalue weighted by Gasteiger charge is 2.29. The van der Waals surface area contributed by atoms with E-state index in [1.807, 2.05) is 48.4 Å². The topological polar surface area (TPSA) is 68.5 Å². The predicted octanol–water partition coefficient (Wildman–Crippen LogP) is 4.32. The molecule has 0 saturated carbocycles. The van der Waals surface area contributed by atoms with E-state index in [4.69, 9.17) is 10.5 Å². The van der Waals surface area contributed by atoms with Crippen molar-refractivity contribution in [3.8, 4) is 16.3 Å². The van der Waals surface area contributed by atoms with Crippen molar-refractivity contribution in [3.63, 3.8) is 0 Å². The Morgan fingerprint density at radius 1 is 1.32 bits per heavy atom. The van der Waals surface area contributed by atoms with Crippen LogP contribution < -0.4 is 10.5 Å². The van der Waals surface area contributed by atoms with E-state index in [9.17, 15) is 4.79 Å². The SMILES string of the molecule is CCOc1ccc(-c2nc(CC(=O)N3CCCCC3C(C)N)cs2)cc1.Cl.Cl. The van der Waals surface area contributed by atoms with Crippen LogP contribution in [0, 0.1) is 0 Å². The van der Waals surface area contributed by atoms with Crippen molar-refractivity contribution in [2.45, 2.75) is 51.6 Å². The standard InChI is InChI=1S/C20H27N3O2S.2ClH/c1-3-25-17-9-7-15(8-10-17)20-22-16(13-26-20)12-19(24)23-11-5-4-6-18(23)14(2)21;;/h7-10,13-14,18H,3-6,11-12,21H2,1-2H3;2*1H. The summed E-state index contributed by atoms with van der Waals surface area (Å²) in [5.74, 6) is 0.991. The Labute approximate surface area is 183 Å². The summed E-state index contributed by atoms with van der Waals surface area (Å²) in [7, 11) is 0. The first-order valence-corrected chi connectivity index (χ1v) is 10.2. The van der Waals surface area contributed by atoms with Gasteiger partial charge in [0.2, 0.25) is 5.91 Å². The number of halogens is 2. The number of piperidine rings is 1. The van der Waals surface area contributed by atoms with Gasteiger partial charge in [0.05, 0.1) is 18.7 Å². The van der Waals surface area contributed by atoms with Gasteiger partial charge in [-0.1, -0.05) is 0 Å². The number of aromatic nitrogens is 1. The number of benzene rings is 1. The number of amides is 1. The average molecular weight is 446 g/mol. The Hall–Kier alpha value is -1.34. The van der Waals surface area contributed by atoms with E-state index in [1.165, 1.54) is 0 Å². The lowest BCUT2D eigenvalue weighted by Crippen LogP contribution is -2.52. The number of likely N-dealkylation sites (tertiary alicyclic amines) is 1. The summed E-state index contributed by atoms with van der Waals surface area (Å²) in [6.45, 7) is 5.42. The van der Waals surface area contributed by atoms with E-state index < -0.39 is 0 Å². The summed E-state index contributed by atoms with van der Waals surface area (Å²) < 4.78 is 5.47. The highest BCUT2D eigenvalue weighted by atomic mass is 35.5. The Kier molecular flexibility index (Phi) is 10.2. The molecule has 3 rings (SSSR count). The number of hydrogen-bond donors (Lipinski definition) is 1. The van der Waals surface area contributed by atoms with Gasteiger partial charge in [-0.3, -0.25) is 4.79 Å². The van der Waals surface area contributed by atoms with Crippen LogP contribution in [0.3, 0.4) is 0 Å². The molecule has 1 fully saturated rings. The minimum Gasteiger partial charge on any atom is -0.494 e. The van der Waals surface area contributed by atoms with E-state index >= 15 is 0 Å². The van der Waals surface area contributed by atoms with Crippen LogP contribution in [-0.2, 0) is 11.2 Å². The van der Waals surface area contributed by atoms with Gasteiger partial charge < -0.3 is 15.4 Å². The maximum atomic E-state index is 12.8. The number of rotatable bonds is 6. The van der Waals surface area contributed by atoms with Crippen LogP contribution in [-0.4, -0.2) is 41.0 Å². The second kappa shape index (κ2) is 11.6. The Bertz CT molecular complexity index is 737. The molecule has 28 heavy (non-hydrogen) atoms. The fraction of sp³-hybridized carbons (Fsp3) is 0.500. The van der Waals surface area contributed by atoms with E-state index in [-0.39, 0.29) is 42.8 Å². The van der Waals surface area contributed by atoms with Crippen molar-refractivity contribution < 1.29 is 9.53 Å². The highest BCUT2D eigenvalue weighted by Crippen LogP contribution is 2.27. The number of ether oxygens (including phenoxy) is 1. The van der Waals surface area contributed by atoms with Crippen LogP contribution in [0.5, 0.6) is 5.75 Å². The molecule has 2 atom stereocenters. The average Bonchev–Trinajstić information content (AvgIpc) is 3.11. The van der Waals surface area contributed by atoms with Gasteiger partial charge in [-0.05, 0) is 57.4 Å². The smallest absolute Gasteiger partial charge is 0.228 e. The lowest BCUT2D eigenvalue weighted by molar-refractivity contribution is -0.134. The summed E-state index contributed by atoms with van der Waals surface area (Å²) in [6.07, 6.45) is 3.55. The maximum Gasteiger partial charge on any atom is 0.228 e. The van der Waals surface area contributed by atoms with E-state index in [0.717, 1.165) is 47.8 Å². The molecule has 0 aliphatic carbocycles. The molecular formula is C20H29Cl2N3O2S.